The number of alkyl halides is 6. The van der Waals surface area contributed by atoms with Gasteiger partial charge in [0.1, 0.15) is 57.1 Å². The first-order chi connectivity index (χ1) is 32.5. The van der Waals surface area contributed by atoms with Crippen molar-refractivity contribution in [2.45, 2.75) is 12.7 Å². The van der Waals surface area contributed by atoms with Crippen LogP contribution < -0.4 is 44.8 Å². The number of pyridine rings is 2. The fourth-order valence-corrected chi connectivity index (χ4v) is 5.99. The van der Waals surface area contributed by atoms with Crippen LogP contribution in [0.15, 0.2) is 97.3 Å². The van der Waals surface area contributed by atoms with Gasteiger partial charge in [0.05, 0.1) is 31.4 Å². The van der Waals surface area contributed by atoms with Gasteiger partial charge in [0.25, 0.3) is 17.7 Å². The number of anilines is 2. The maximum Gasteiger partial charge on any atom is 0.573 e. The Bertz CT molecular complexity index is 2910. The summed E-state index contributed by atoms with van der Waals surface area (Å²) in [7, 11) is 3.50. The first kappa shape index (κ1) is 51.9. The molecule has 2 aromatic heterocycles. The number of ether oxygens (including phenoxy) is 7. The lowest BCUT2D eigenvalue weighted by atomic mass is 10.1. The molecule has 0 spiro atoms. The number of nitrogens with one attached hydrogen (secondary N) is 2. The third-order valence-corrected chi connectivity index (χ3v) is 9.17. The molecule has 6 aromatic rings. The van der Waals surface area contributed by atoms with Crippen LogP contribution in [-0.2, 0) is 4.74 Å². The van der Waals surface area contributed by atoms with E-state index in [0.717, 1.165) is 67.8 Å². The fourth-order valence-electron chi connectivity index (χ4n) is 5.51. The van der Waals surface area contributed by atoms with Gasteiger partial charge in [0.15, 0.2) is 23.0 Å². The van der Waals surface area contributed by atoms with Gasteiger partial charge in [-0.2, -0.15) is 0 Å². The predicted octanol–water partition coefficient (Wildman–Crippen LogP) is 10.5. The van der Waals surface area contributed by atoms with Gasteiger partial charge in [0.2, 0.25) is 0 Å². The number of carbonyl (C=O) groups is 4. The second-order valence-corrected chi connectivity index (χ2v) is 13.8. The molecule has 16 nitrogen and oxygen atoms in total. The summed E-state index contributed by atoms with van der Waals surface area (Å²) in [5.74, 6) is -7.50. The highest BCUT2D eigenvalue weighted by Gasteiger charge is 2.33. The third kappa shape index (κ3) is 14.0. The number of nitrogens with zero attached hydrogens (tertiary/aromatic N) is 2. The quantitative estimate of drug-likeness (QED) is 0.0686. The number of primary amides is 1. The molecule has 0 bridgehead atoms. The van der Waals surface area contributed by atoms with Crippen molar-refractivity contribution in [3.8, 4) is 46.0 Å². The van der Waals surface area contributed by atoms with Crippen LogP contribution >= 0.6 is 23.2 Å². The number of methoxy groups -OCH3 is 3. The van der Waals surface area contributed by atoms with Crippen LogP contribution in [0.2, 0.25) is 10.0 Å². The normalized spacial score (nSPS) is 11.0. The number of carbonyl (C=O) groups excluding carboxylic acids is 4. The Labute approximate surface area is 392 Å². The summed E-state index contributed by atoms with van der Waals surface area (Å²) in [5.41, 5.74) is 4.28. The van der Waals surface area contributed by atoms with Crippen molar-refractivity contribution in [3.05, 3.63) is 142 Å². The zero-order valence-electron chi connectivity index (χ0n) is 35.0. The summed E-state index contributed by atoms with van der Waals surface area (Å²) < 4.78 is 137. The van der Waals surface area contributed by atoms with E-state index in [9.17, 15) is 54.3 Å². The van der Waals surface area contributed by atoms with Crippen LogP contribution in [0.1, 0.15) is 41.7 Å². The van der Waals surface area contributed by atoms with E-state index in [0.29, 0.717) is 0 Å². The van der Waals surface area contributed by atoms with Gasteiger partial charge in [-0.15, -0.1) is 26.3 Å². The highest BCUT2D eigenvalue weighted by molar-refractivity contribution is 6.35. The molecule has 69 heavy (non-hydrogen) atoms. The van der Waals surface area contributed by atoms with Gasteiger partial charge in [0, 0.05) is 35.9 Å². The number of amides is 3. The van der Waals surface area contributed by atoms with Gasteiger partial charge in [-0.25, -0.2) is 18.6 Å². The highest BCUT2D eigenvalue weighted by atomic mass is 35.5. The maximum atomic E-state index is 14.2. The monoisotopic (exact) mass is 1010 g/mol. The van der Waals surface area contributed by atoms with E-state index < -0.39 is 80.7 Å². The molecular weight excluding hydrogens is 985 g/mol. The second kappa shape index (κ2) is 22.1. The lowest BCUT2D eigenvalue weighted by molar-refractivity contribution is -0.275. The Morgan fingerprint density at radius 1 is 0.551 bits per heavy atom. The number of aromatic nitrogens is 2. The number of rotatable bonds is 14. The smallest absolute Gasteiger partial charge is 0.493 e. The summed E-state index contributed by atoms with van der Waals surface area (Å²) in [5, 5.41) is 3.69. The number of hydrogen-bond donors (Lipinski definition) is 3. The minimum atomic E-state index is -4.93. The minimum Gasteiger partial charge on any atom is -0.493 e. The van der Waals surface area contributed by atoms with Crippen LogP contribution in [-0.4, -0.2) is 67.7 Å². The van der Waals surface area contributed by atoms with Crippen LogP contribution in [0, 0.1) is 11.6 Å². The second-order valence-electron chi connectivity index (χ2n) is 13.0. The van der Waals surface area contributed by atoms with Gasteiger partial charge in [-0.1, -0.05) is 23.2 Å². The SMILES string of the molecule is COC(=O)c1cc(NC(=O)c2c(Oc3ccc(OC(F)(F)F)cc3OC)ccc(F)c2Cl)ccn1.COc1cc(OC(F)(F)F)ccc1Oc1ccc(F)c(Cl)c1C(=O)Nc1ccnc(C(N)=O)c1. The highest BCUT2D eigenvalue weighted by Crippen LogP contribution is 2.41. The number of benzene rings is 4. The Kier molecular flexibility index (Phi) is 16.6. The predicted molar refractivity (Wildman–Crippen MR) is 227 cm³/mol. The van der Waals surface area contributed by atoms with Crippen LogP contribution in [0.3, 0.4) is 0 Å². The molecule has 0 atom stereocenters. The van der Waals surface area contributed by atoms with Gasteiger partial charge >= 0.3 is 18.7 Å². The number of nitrogens with two attached hydrogens (primary N) is 1. The molecule has 2 heterocycles. The Balaban J connectivity index is 0.000000258. The number of hydrogen-bond acceptors (Lipinski definition) is 13. The molecular formula is C43H29Cl2F8N5O11. The molecule has 0 saturated carbocycles. The molecule has 4 aromatic carbocycles. The largest absolute Gasteiger partial charge is 0.573 e. The Hall–Kier alpha value is -8.12. The lowest BCUT2D eigenvalue weighted by Gasteiger charge is -2.16. The van der Waals surface area contributed by atoms with E-state index in [4.69, 9.17) is 47.9 Å². The summed E-state index contributed by atoms with van der Waals surface area (Å²) in [4.78, 5) is 56.4. The van der Waals surface area contributed by atoms with Crippen molar-refractivity contribution in [2.24, 2.45) is 5.73 Å². The topological polar surface area (TPSA) is 209 Å². The van der Waals surface area contributed by atoms with Gasteiger partial charge in [-0.05, 0) is 72.8 Å². The summed E-state index contributed by atoms with van der Waals surface area (Å²) >= 11 is 12.0. The summed E-state index contributed by atoms with van der Waals surface area (Å²) in [6, 6.07) is 15.1. The molecule has 0 saturated heterocycles. The van der Waals surface area contributed by atoms with Crippen molar-refractivity contribution in [3.63, 3.8) is 0 Å². The van der Waals surface area contributed by atoms with Crippen LogP contribution in [0.5, 0.6) is 46.0 Å². The molecule has 0 aliphatic heterocycles. The molecule has 3 amide bonds. The molecule has 0 unspecified atom stereocenters. The van der Waals surface area contributed by atoms with E-state index in [2.05, 4.69) is 34.8 Å². The number of halogens is 10. The molecule has 0 aliphatic carbocycles. The van der Waals surface area contributed by atoms with E-state index in [1.165, 1.54) is 50.9 Å². The molecule has 362 valence electrons. The molecule has 0 radical (unpaired) electrons. The molecule has 26 heteroatoms. The zero-order chi connectivity index (χ0) is 50.8. The van der Waals surface area contributed by atoms with Gasteiger partial charge < -0.3 is 49.5 Å². The maximum absolute atomic E-state index is 14.2. The fraction of sp³-hybridized carbons (Fsp3) is 0.116. The van der Waals surface area contributed by atoms with Crippen molar-refractivity contribution in [1.82, 2.24) is 9.97 Å². The van der Waals surface area contributed by atoms with Crippen molar-refractivity contribution < 1.29 is 87.5 Å². The zero-order valence-corrected chi connectivity index (χ0v) is 36.5. The van der Waals surface area contributed by atoms with Gasteiger partial charge in [-0.3, -0.25) is 19.4 Å². The molecule has 0 fully saturated rings. The molecule has 0 aliphatic rings. The molecule has 6 rings (SSSR count). The summed E-state index contributed by atoms with van der Waals surface area (Å²) in [6.07, 6.45) is -7.40. The van der Waals surface area contributed by atoms with E-state index in [-0.39, 0.29) is 57.3 Å². The van der Waals surface area contributed by atoms with Crippen molar-refractivity contribution in [1.29, 1.82) is 0 Å². The number of esters is 1. The third-order valence-electron chi connectivity index (χ3n) is 8.43. The first-order valence-electron chi connectivity index (χ1n) is 18.6. The van der Waals surface area contributed by atoms with Crippen molar-refractivity contribution in [2.75, 3.05) is 32.0 Å². The minimum absolute atomic E-state index is 0.0991. The Morgan fingerprint density at radius 2 is 0.942 bits per heavy atom. The van der Waals surface area contributed by atoms with Crippen LogP contribution in [0.4, 0.5) is 46.5 Å². The molecule has 4 N–H and O–H groups in total. The van der Waals surface area contributed by atoms with E-state index >= 15 is 0 Å². The van der Waals surface area contributed by atoms with Crippen LogP contribution in [0.25, 0.3) is 0 Å². The average molecular weight is 1010 g/mol. The summed E-state index contributed by atoms with van der Waals surface area (Å²) in [6.45, 7) is 0. The lowest BCUT2D eigenvalue weighted by Crippen LogP contribution is -2.17. The van der Waals surface area contributed by atoms with E-state index in [1.54, 1.807) is 0 Å². The average Bonchev–Trinajstić information content (AvgIpc) is 3.28. The van der Waals surface area contributed by atoms with E-state index in [1.807, 2.05) is 0 Å². The Morgan fingerprint density at radius 3 is 1.32 bits per heavy atom. The van der Waals surface area contributed by atoms with Crippen molar-refractivity contribution >= 4 is 58.3 Å². The first-order valence-corrected chi connectivity index (χ1v) is 19.4. The standard InChI is InChI=1S/C22H15ClF4N2O6.C21H14ClF4N3O5/c1-32-17-10-12(35-22(25,26)27)3-5-15(17)34-16-6-4-13(24)19(23)18(16)20(30)29-11-7-8-28-14(9-11)21(31)33-2;1-32-16-9-11(34-21(24,25)26)2-4-14(16)33-15-5-3-12(23)18(22)17(15)20(31)29-10-6-7-28-13(8-10)19(27)30/h3-10H,1-2H3,(H,28,29,30);2-9H,1H3,(H2,27,30)(H,28,29,31).